The van der Waals surface area contributed by atoms with Gasteiger partial charge in [0.25, 0.3) is 0 Å². The SMILES string of the molecule is CN(CC1(N)CC1)C1CCCCC1. The maximum atomic E-state index is 6.11. The zero-order valence-corrected chi connectivity index (χ0v) is 8.76. The summed E-state index contributed by atoms with van der Waals surface area (Å²) in [6.07, 6.45) is 9.56. The van der Waals surface area contributed by atoms with Crippen LogP contribution < -0.4 is 5.73 Å². The monoisotopic (exact) mass is 182 g/mol. The molecule has 0 aliphatic heterocycles. The quantitative estimate of drug-likeness (QED) is 0.720. The van der Waals surface area contributed by atoms with Gasteiger partial charge in [0.15, 0.2) is 0 Å². The summed E-state index contributed by atoms with van der Waals surface area (Å²) in [6, 6.07) is 0.828. The van der Waals surface area contributed by atoms with Gasteiger partial charge in [-0.1, -0.05) is 19.3 Å². The Morgan fingerprint density at radius 3 is 2.38 bits per heavy atom. The molecule has 0 aromatic carbocycles. The summed E-state index contributed by atoms with van der Waals surface area (Å²) in [7, 11) is 2.25. The third-order valence-corrected chi connectivity index (χ3v) is 3.65. The smallest absolute Gasteiger partial charge is 0.0284 e. The Labute approximate surface area is 81.5 Å². The van der Waals surface area contributed by atoms with E-state index in [1.807, 2.05) is 0 Å². The summed E-state index contributed by atoms with van der Waals surface area (Å²) in [5.41, 5.74) is 6.31. The first-order chi connectivity index (χ1) is 6.20. The van der Waals surface area contributed by atoms with Gasteiger partial charge < -0.3 is 10.6 Å². The van der Waals surface area contributed by atoms with Crippen LogP contribution in [0, 0.1) is 0 Å². The largest absolute Gasteiger partial charge is 0.324 e. The van der Waals surface area contributed by atoms with Crippen molar-refractivity contribution >= 4 is 0 Å². The van der Waals surface area contributed by atoms with Gasteiger partial charge in [0.05, 0.1) is 0 Å². The highest BCUT2D eigenvalue weighted by Crippen LogP contribution is 2.34. The van der Waals surface area contributed by atoms with E-state index in [9.17, 15) is 0 Å². The second-order valence-corrected chi connectivity index (χ2v) is 5.07. The molecule has 2 nitrogen and oxygen atoms in total. The van der Waals surface area contributed by atoms with Crippen molar-refractivity contribution in [3.05, 3.63) is 0 Å². The molecular formula is C11H22N2. The number of likely N-dealkylation sites (N-methyl/N-ethyl adjacent to an activating group) is 1. The van der Waals surface area contributed by atoms with Gasteiger partial charge in [-0.25, -0.2) is 0 Å². The van der Waals surface area contributed by atoms with Crippen molar-refractivity contribution in [1.29, 1.82) is 0 Å². The first kappa shape index (κ1) is 9.47. The first-order valence-electron chi connectivity index (χ1n) is 5.69. The van der Waals surface area contributed by atoms with Crippen molar-refractivity contribution in [1.82, 2.24) is 4.90 Å². The van der Waals surface area contributed by atoms with Crippen LogP contribution >= 0.6 is 0 Å². The highest BCUT2D eigenvalue weighted by Gasteiger charge is 2.40. The molecule has 0 heterocycles. The minimum atomic E-state index is 0.201. The number of rotatable bonds is 3. The van der Waals surface area contributed by atoms with Crippen LogP contribution in [-0.4, -0.2) is 30.1 Å². The molecule has 0 unspecified atom stereocenters. The van der Waals surface area contributed by atoms with E-state index in [2.05, 4.69) is 11.9 Å². The van der Waals surface area contributed by atoms with Gasteiger partial charge in [0.1, 0.15) is 0 Å². The van der Waals surface area contributed by atoms with Crippen molar-refractivity contribution in [2.24, 2.45) is 5.73 Å². The van der Waals surface area contributed by atoms with E-state index < -0.39 is 0 Å². The average molecular weight is 182 g/mol. The summed E-state index contributed by atoms with van der Waals surface area (Å²) in [6.45, 7) is 1.12. The van der Waals surface area contributed by atoms with Gasteiger partial charge in [-0.05, 0) is 32.7 Å². The number of nitrogens with zero attached hydrogens (tertiary/aromatic N) is 1. The summed E-state index contributed by atoms with van der Waals surface area (Å²) < 4.78 is 0. The fourth-order valence-corrected chi connectivity index (χ4v) is 2.47. The fraction of sp³-hybridized carbons (Fsp3) is 1.00. The topological polar surface area (TPSA) is 29.3 Å². The molecule has 0 saturated heterocycles. The molecule has 0 aromatic heterocycles. The number of nitrogens with two attached hydrogens (primary N) is 1. The van der Waals surface area contributed by atoms with Crippen molar-refractivity contribution in [2.45, 2.75) is 56.5 Å². The molecule has 0 aromatic rings. The summed E-state index contributed by atoms with van der Waals surface area (Å²) in [5, 5.41) is 0. The summed E-state index contributed by atoms with van der Waals surface area (Å²) >= 11 is 0. The minimum Gasteiger partial charge on any atom is -0.324 e. The maximum absolute atomic E-state index is 6.11. The lowest BCUT2D eigenvalue weighted by Crippen LogP contribution is -2.43. The number of hydrogen-bond acceptors (Lipinski definition) is 2. The molecular weight excluding hydrogens is 160 g/mol. The van der Waals surface area contributed by atoms with Crippen LogP contribution in [0.3, 0.4) is 0 Å². The predicted octanol–water partition coefficient (Wildman–Crippen LogP) is 1.74. The Morgan fingerprint density at radius 2 is 1.85 bits per heavy atom. The van der Waals surface area contributed by atoms with E-state index >= 15 is 0 Å². The molecule has 2 aliphatic carbocycles. The van der Waals surface area contributed by atoms with Gasteiger partial charge in [0.2, 0.25) is 0 Å². The number of hydrogen-bond donors (Lipinski definition) is 1. The molecule has 2 saturated carbocycles. The van der Waals surface area contributed by atoms with E-state index in [-0.39, 0.29) is 5.54 Å². The normalized spacial score (nSPS) is 27.9. The van der Waals surface area contributed by atoms with Gasteiger partial charge in [-0.15, -0.1) is 0 Å². The van der Waals surface area contributed by atoms with Crippen molar-refractivity contribution in [3.63, 3.8) is 0 Å². The van der Waals surface area contributed by atoms with Gasteiger partial charge in [0, 0.05) is 18.1 Å². The molecule has 2 heteroatoms. The molecule has 0 amide bonds. The minimum absolute atomic E-state index is 0.201. The lowest BCUT2D eigenvalue weighted by atomic mass is 9.94. The lowest BCUT2D eigenvalue weighted by molar-refractivity contribution is 0.178. The standard InChI is InChI=1S/C11H22N2/c1-13(9-11(12)7-8-11)10-5-3-2-4-6-10/h10H,2-9,12H2,1H3. The second kappa shape index (κ2) is 3.58. The summed E-state index contributed by atoms with van der Waals surface area (Å²) in [4.78, 5) is 2.51. The van der Waals surface area contributed by atoms with Crippen molar-refractivity contribution < 1.29 is 0 Å². The van der Waals surface area contributed by atoms with Gasteiger partial charge >= 0.3 is 0 Å². The Bertz CT molecular complexity index is 169. The highest BCUT2D eigenvalue weighted by atomic mass is 15.2. The summed E-state index contributed by atoms with van der Waals surface area (Å²) in [5.74, 6) is 0. The Hall–Kier alpha value is -0.0800. The third-order valence-electron chi connectivity index (χ3n) is 3.65. The van der Waals surface area contributed by atoms with Crippen LogP contribution in [-0.2, 0) is 0 Å². The molecule has 13 heavy (non-hydrogen) atoms. The van der Waals surface area contributed by atoms with E-state index in [0.29, 0.717) is 0 Å². The van der Waals surface area contributed by atoms with Crippen LogP contribution in [0.15, 0.2) is 0 Å². The van der Waals surface area contributed by atoms with Crippen LogP contribution in [0.4, 0.5) is 0 Å². The molecule has 76 valence electrons. The van der Waals surface area contributed by atoms with Crippen LogP contribution in [0.1, 0.15) is 44.9 Å². The first-order valence-corrected chi connectivity index (χ1v) is 5.69. The van der Waals surface area contributed by atoms with Crippen LogP contribution in [0.5, 0.6) is 0 Å². The predicted molar refractivity (Wildman–Crippen MR) is 55.7 cm³/mol. The lowest BCUT2D eigenvalue weighted by Gasteiger charge is -2.32. The molecule has 0 spiro atoms. The Morgan fingerprint density at radius 1 is 1.23 bits per heavy atom. The molecule has 2 fully saturated rings. The highest BCUT2D eigenvalue weighted by molar-refractivity contribution is 5.01. The van der Waals surface area contributed by atoms with E-state index in [4.69, 9.17) is 5.73 Å². The fourth-order valence-electron chi connectivity index (χ4n) is 2.47. The molecule has 0 atom stereocenters. The van der Waals surface area contributed by atoms with Crippen molar-refractivity contribution in [2.75, 3.05) is 13.6 Å². The zero-order valence-electron chi connectivity index (χ0n) is 8.76. The van der Waals surface area contributed by atoms with Gasteiger partial charge in [-0.3, -0.25) is 0 Å². The van der Waals surface area contributed by atoms with Crippen molar-refractivity contribution in [3.8, 4) is 0 Å². The molecule has 2 rings (SSSR count). The van der Waals surface area contributed by atoms with Gasteiger partial charge in [-0.2, -0.15) is 0 Å². The molecule has 0 bridgehead atoms. The maximum Gasteiger partial charge on any atom is 0.0284 e. The van der Waals surface area contributed by atoms with E-state index in [1.165, 1.54) is 44.9 Å². The average Bonchev–Trinajstić information content (AvgIpc) is 2.85. The van der Waals surface area contributed by atoms with Crippen LogP contribution in [0.25, 0.3) is 0 Å². The second-order valence-electron chi connectivity index (χ2n) is 5.07. The van der Waals surface area contributed by atoms with E-state index in [0.717, 1.165) is 12.6 Å². The Balaban J connectivity index is 1.77. The zero-order chi connectivity index (χ0) is 9.31. The molecule has 2 N–H and O–H groups in total. The Kier molecular flexibility index (Phi) is 2.61. The van der Waals surface area contributed by atoms with Crippen LogP contribution in [0.2, 0.25) is 0 Å². The third kappa shape index (κ3) is 2.44. The van der Waals surface area contributed by atoms with E-state index in [1.54, 1.807) is 0 Å². The molecule has 2 aliphatic rings. The molecule has 0 radical (unpaired) electrons.